The molecule has 55 heavy (non-hydrogen) atoms. The molecule has 1 unspecified atom stereocenters. The molecule has 0 saturated carbocycles. The van der Waals surface area contributed by atoms with Gasteiger partial charge in [0.25, 0.3) is 0 Å². The molecule has 0 saturated heterocycles. The van der Waals surface area contributed by atoms with Crippen LogP contribution in [-0.2, 0) is 32.7 Å². The molecule has 0 bridgehead atoms. The Morgan fingerprint density at radius 3 is 1.51 bits per heavy atom. The fourth-order valence-corrected chi connectivity index (χ4v) is 6.12. The number of carbonyl (C=O) groups is 2. The number of hydrogen-bond donors (Lipinski definition) is 3. The maximum Gasteiger partial charge on any atom is 0.472 e. The Bertz CT molecular complexity index is 1100. The first kappa shape index (κ1) is 52.7. The molecule has 0 aromatic heterocycles. The van der Waals surface area contributed by atoms with Gasteiger partial charge in [-0.3, -0.25) is 18.6 Å². The van der Waals surface area contributed by atoms with E-state index in [1.165, 1.54) is 77.0 Å². The highest BCUT2D eigenvalue weighted by Crippen LogP contribution is 2.43. The lowest BCUT2D eigenvalue weighted by Crippen LogP contribution is -2.29. The second-order valence-corrected chi connectivity index (χ2v) is 15.5. The lowest BCUT2D eigenvalue weighted by Gasteiger charge is -2.20. The van der Waals surface area contributed by atoms with Gasteiger partial charge in [-0.2, -0.15) is 0 Å². The van der Waals surface area contributed by atoms with Crippen molar-refractivity contribution in [3.8, 4) is 0 Å². The summed E-state index contributed by atoms with van der Waals surface area (Å²) in [5.74, 6) is -1.03. The average molecular weight is 797 g/mol. The number of aliphatic hydroxyl groups excluding tert-OH is 2. The quantitative estimate of drug-likeness (QED) is 0.0237. The van der Waals surface area contributed by atoms with Gasteiger partial charge in [-0.1, -0.05) is 139 Å². The van der Waals surface area contributed by atoms with E-state index in [1.54, 1.807) is 0 Å². The number of aliphatic hydroxyl groups is 2. The summed E-state index contributed by atoms with van der Waals surface area (Å²) in [5, 5.41) is 18.3. The highest BCUT2D eigenvalue weighted by atomic mass is 31.2. The molecule has 0 radical (unpaired) electrons. The summed E-state index contributed by atoms with van der Waals surface area (Å²) in [6.45, 7) is 2.25. The third-order valence-corrected chi connectivity index (χ3v) is 9.60. The van der Waals surface area contributed by atoms with Crippen molar-refractivity contribution in [1.82, 2.24) is 0 Å². The fraction of sp³-hybridized carbons (Fsp3) is 0.727. The fourth-order valence-electron chi connectivity index (χ4n) is 5.33. The third-order valence-electron chi connectivity index (χ3n) is 8.64. The van der Waals surface area contributed by atoms with Crippen molar-refractivity contribution < 1.29 is 47.8 Å². The summed E-state index contributed by atoms with van der Waals surface area (Å²) in [5.41, 5.74) is 0. The molecule has 0 amide bonds. The van der Waals surface area contributed by atoms with Gasteiger partial charge in [0, 0.05) is 12.8 Å². The Labute approximate surface area is 334 Å². The summed E-state index contributed by atoms with van der Waals surface area (Å²) in [6.07, 6.45) is 43.4. The van der Waals surface area contributed by atoms with Crippen molar-refractivity contribution >= 4 is 19.8 Å². The normalized spacial score (nSPS) is 14.5. The van der Waals surface area contributed by atoms with Gasteiger partial charge in [-0.25, -0.2) is 4.57 Å². The second-order valence-electron chi connectivity index (χ2n) is 14.0. The number of phosphoric ester groups is 1. The van der Waals surface area contributed by atoms with Gasteiger partial charge in [0.2, 0.25) is 0 Å². The number of rotatable bonds is 39. The van der Waals surface area contributed by atoms with Crippen LogP contribution in [0.5, 0.6) is 0 Å². The van der Waals surface area contributed by atoms with Crippen molar-refractivity contribution in [2.75, 3.05) is 26.4 Å². The molecule has 0 aromatic rings. The molecule has 0 fully saturated rings. The molecule has 10 nitrogen and oxygen atoms in total. The minimum Gasteiger partial charge on any atom is -0.462 e. The van der Waals surface area contributed by atoms with Crippen molar-refractivity contribution in [1.29, 1.82) is 0 Å². The minimum absolute atomic E-state index is 0.110. The van der Waals surface area contributed by atoms with Gasteiger partial charge < -0.3 is 24.6 Å². The Morgan fingerprint density at radius 2 is 0.964 bits per heavy atom. The van der Waals surface area contributed by atoms with E-state index < -0.39 is 51.8 Å². The maximum absolute atomic E-state index is 12.6. The summed E-state index contributed by atoms with van der Waals surface area (Å²) in [7, 11) is -4.64. The van der Waals surface area contributed by atoms with Crippen LogP contribution >= 0.6 is 7.82 Å². The van der Waals surface area contributed by atoms with Crippen molar-refractivity contribution in [2.45, 2.75) is 180 Å². The van der Waals surface area contributed by atoms with E-state index in [2.05, 4.69) is 73.1 Å². The monoisotopic (exact) mass is 797 g/mol. The van der Waals surface area contributed by atoms with E-state index >= 15 is 0 Å². The first-order valence-electron chi connectivity index (χ1n) is 21.2. The van der Waals surface area contributed by atoms with E-state index in [4.69, 9.17) is 19.1 Å². The van der Waals surface area contributed by atoms with Gasteiger partial charge in [-0.15, -0.1) is 0 Å². The molecular weight excluding hydrogens is 719 g/mol. The number of allylic oxidation sites excluding steroid dienone is 10. The van der Waals surface area contributed by atoms with Crippen LogP contribution in [0.15, 0.2) is 60.8 Å². The largest absolute Gasteiger partial charge is 0.472 e. The molecule has 0 aliphatic carbocycles. The zero-order valence-corrected chi connectivity index (χ0v) is 35.3. The van der Waals surface area contributed by atoms with Crippen LogP contribution in [0, 0.1) is 0 Å². The number of carbonyl (C=O) groups excluding carboxylic acids is 2. The van der Waals surface area contributed by atoms with E-state index in [1.807, 2.05) is 6.08 Å². The maximum atomic E-state index is 12.6. The van der Waals surface area contributed by atoms with Crippen molar-refractivity contribution in [3.63, 3.8) is 0 Å². The molecule has 0 heterocycles. The Morgan fingerprint density at radius 1 is 0.545 bits per heavy atom. The second kappa shape index (κ2) is 39.9. The van der Waals surface area contributed by atoms with Crippen LogP contribution in [-0.4, -0.2) is 65.7 Å². The molecule has 0 rings (SSSR count). The van der Waals surface area contributed by atoms with Crippen LogP contribution in [0.4, 0.5) is 0 Å². The van der Waals surface area contributed by atoms with E-state index in [0.717, 1.165) is 44.9 Å². The van der Waals surface area contributed by atoms with E-state index in [0.29, 0.717) is 19.3 Å². The van der Waals surface area contributed by atoms with Crippen LogP contribution in [0.3, 0.4) is 0 Å². The van der Waals surface area contributed by atoms with E-state index in [9.17, 15) is 24.2 Å². The van der Waals surface area contributed by atoms with E-state index in [-0.39, 0.29) is 19.4 Å². The molecule has 0 aliphatic heterocycles. The van der Waals surface area contributed by atoms with Gasteiger partial charge in [0.05, 0.1) is 19.8 Å². The summed E-state index contributed by atoms with van der Waals surface area (Å²) in [4.78, 5) is 34.9. The number of unbranched alkanes of at least 4 members (excludes halogenated alkanes) is 15. The van der Waals surface area contributed by atoms with Crippen LogP contribution in [0.25, 0.3) is 0 Å². The molecule has 3 N–H and O–H groups in total. The Kier molecular flexibility index (Phi) is 38.2. The van der Waals surface area contributed by atoms with Gasteiger partial charge in [0.15, 0.2) is 6.10 Å². The van der Waals surface area contributed by atoms with Crippen LogP contribution in [0.1, 0.15) is 168 Å². The highest BCUT2D eigenvalue weighted by molar-refractivity contribution is 7.47. The highest BCUT2D eigenvalue weighted by Gasteiger charge is 2.27. The first-order chi connectivity index (χ1) is 26.7. The van der Waals surface area contributed by atoms with Gasteiger partial charge in [0.1, 0.15) is 12.7 Å². The lowest BCUT2D eigenvalue weighted by atomic mass is 10.1. The zero-order valence-electron chi connectivity index (χ0n) is 34.4. The van der Waals surface area contributed by atoms with Crippen LogP contribution in [0.2, 0.25) is 0 Å². The summed E-state index contributed by atoms with van der Waals surface area (Å²) >= 11 is 0. The predicted octanol–water partition coefficient (Wildman–Crippen LogP) is 11.1. The Hall–Kier alpha value is -2.33. The molecule has 318 valence electrons. The molecular formula is C44H77O10P. The average Bonchev–Trinajstić information content (AvgIpc) is 3.17. The van der Waals surface area contributed by atoms with Gasteiger partial charge in [-0.05, 0) is 77.0 Å². The van der Waals surface area contributed by atoms with Crippen LogP contribution < -0.4 is 0 Å². The van der Waals surface area contributed by atoms with Gasteiger partial charge >= 0.3 is 19.8 Å². The number of ether oxygens (including phenoxy) is 2. The third kappa shape index (κ3) is 39.7. The summed E-state index contributed by atoms with van der Waals surface area (Å²) < 4.78 is 32.6. The molecule has 11 heteroatoms. The predicted molar refractivity (Wildman–Crippen MR) is 224 cm³/mol. The summed E-state index contributed by atoms with van der Waals surface area (Å²) in [6, 6.07) is 0. The Balaban J connectivity index is 4.45. The smallest absolute Gasteiger partial charge is 0.462 e. The first-order valence-corrected chi connectivity index (χ1v) is 22.7. The molecule has 0 spiro atoms. The standard InChI is InChI=1S/C44H77O10P/c1-3-5-7-9-11-13-15-17-19-20-22-24-26-28-30-32-34-36-44(48)54-42(40-53-55(49,50)52-38-41(46)37-45)39-51-43(47)35-33-31-29-27-25-23-21-18-16-14-12-10-8-6-4-2/h12,14,18,21-22,24-25,27-28,30,41-42,45-46H,3-11,13,15-17,19-20,23,26,29,31-40H2,1-2H3,(H,49,50)/b14-12+,21-18+,24-22+,27-25+,30-28+/t41-,42+/m0/s1. The van der Waals surface area contributed by atoms with Crippen molar-refractivity contribution in [2.24, 2.45) is 0 Å². The molecule has 0 aliphatic rings. The topological polar surface area (TPSA) is 149 Å². The number of esters is 2. The number of phosphoric acid groups is 1. The number of hydrogen-bond acceptors (Lipinski definition) is 9. The molecule has 0 aromatic carbocycles. The SMILES string of the molecule is CCCCC/C=C/C/C=C/C/C=C/CCCCC(=O)OC[C@H](COP(=O)(O)OC[C@@H](O)CO)OC(=O)CCC/C=C/C/C=C/CCCCCCCCCCC. The zero-order chi connectivity index (χ0) is 40.5. The lowest BCUT2D eigenvalue weighted by molar-refractivity contribution is -0.161. The molecule has 3 atom stereocenters. The van der Waals surface area contributed by atoms with Crippen molar-refractivity contribution in [3.05, 3.63) is 60.8 Å². The minimum atomic E-state index is -4.64.